The molecule has 0 radical (unpaired) electrons. The third-order valence-electron chi connectivity index (χ3n) is 6.04. The molecule has 1 aliphatic carbocycles. The average Bonchev–Trinajstić information content (AvgIpc) is 2.96. The summed E-state index contributed by atoms with van der Waals surface area (Å²) >= 11 is 0. The van der Waals surface area contributed by atoms with E-state index in [2.05, 4.69) is 33.0 Å². The summed E-state index contributed by atoms with van der Waals surface area (Å²) in [5.41, 5.74) is 1.03. The third-order valence-corrected chi connectivity index (χ3v) is 6.04. The van der Waals surface area contributed by atoms with Gasteiger partial charge in [0.1, 0.15) is 0 Å². The van der Waals surface area contributed by atoms with E-state index in [0.717, 1.165) is 19.1 Å². The molecular formula is C19H37NO. The van der Waals surface area contributed by atoms with Crippen molar-refractivity contribution in [2.45, 2.75) is 85.2 Å². The van der Waals surface area contributed by atoms with Crippen LogP contribution in [0.2, 0.25) is 0 Å². The zero-order valence-electron chi connectivity index (χ0n) is 14.8. The molecule has 0 amide bonds. The lowest BCUT2D eigenvalue weighted by molar-refractivity contribution is 0.0512. The van der Waals surface area contributed by atoms with Crippen molar-refractivity contribution in [1.82, 2.24) is 5.32 Å². The van der Waals surface area contributed by atoms with Crippen LogP contribution in [0, 0.1) is 16.7 Å². The minimum Gasteiger partial charge on any atom is -0.378 e. The summed E-state index contributed by atoms with van der Waals surface area (Å²) in [6.07, 6.45) is 11.4. The number of rotatable bonds is 6. The van der Waals surface area contributed by atoms with Gasteiger partial charge < -0.3 is 10.1 Å². The first-order chi connectivity index (χ1) is 9.95. The highest BCUT2D eigenvalue weighted by atomic mass is 16.5. The number of hydrogen-bond donors (Lipinski definition) is 1. The van der Waals surface area contributed by atoms with Crippen molar-refractivity contribution in [3.63, 3.8) is 0 Å². The second-order valence-corrected chi connectivity index (χ2v) is 8.59. The van der Waals surface area contributed by atoms with Crippen molar-refractivity contribution in [1.29, 1.82) is 0 Å². The monoisotopic (exact) mass is 295 g/mol. The van der Waals surface area contributed by atoms with Crippen molar-refractivity contribution in [2.24, 2.45) is 16.7 Å². The molecular weight excluding hydrogens is 258 g/mol. The van der Waals surface area contributed by atoms with Crippen molar-refractivity contribution in [3.8, 4) is 0 Å². The first-order valence-electron chi connectivity index (χ1n) is 9.27. The van der Waals surface area contributed by atoms with Gasteiger partial charge in [-0.25, -0.2) is 0 Å². The maximum absolute atomic E-state index is 5.85. The second kappa shape index (κ2) is 7.46. The summed E-state index contributed by atoms with van der Waals surface area (Å²) < 4.78 is 5.85. The third kappa shape index (κ3) is 4.96. The number of nitrogens with one attached hydrogen (secondary N) is 1. The van der Waals surface area contributed by atoms with Gasteiger partial charge in [-0.2, -0.15) is 0 Å². The van der Waals surface area contributed by atoms with Crippen LogP contribution < -0.4 is 5.32 Å². The molecule has 1 saturated heterocycles. The van der Waals surface area contributed by atoms with Gasteiger partial charge in [-0.3, -0.25) is 0 Å². The molecule has 0 bridgehead atoms. The van der Waals surface area contributed by atoms with Crippen LogP contribution in [0.25, 0.3) is 0 Å². The maximum Gasteiger partial charge on any atom is 0.0576 e. The molecule has 1 unspecified atom stereocenters. The first-order valence-corrected chi connectivity index (χ1v) is 9.27. The Kier molecular flexibility index (Phi) is 6.14. The van der Waals surface area contributed by atoms with Crippen LogP contribution in [-0.4, -0.2) is 25.8 Å². The molecule has 2 nitrogen and oxygen atoms in total. The maximum atomic E-state index is 5.85. The van der Waals surface area contributed by atoms with E-state index < -0.39 is 0 Å². The van der Waals surface area contributed by atoms with E-state index in [-0.39, 0.29) is 0 Å². The van der Waals surface area contributed by atoms with Crippen molar-refractivity contribution >= 4 is 0 Å². The SMILES string of the molecule is CCNCC1(CCC2CCCO2)CCC(C(C)(C)C)CC1. The molecule has 2 aliphatic rings. The largest absolute Gasteiger partial charge is 0.378 e. The van der Waals surface area contributed by atoms with Crippen LogP contribution in [0.5, 0.6) is 0 Å². The Morgan fingerprint density at radius 1 is 1.14 bits per heavy atom. The molecule has 0 spiro atoms. The highest BCUT2D eigenvalue weighted by Gasteiger charge is 2.38. The highest BCUT2D eigenvalue weighted by Crippen LogP contribution is 2.47. The van der Waals surface area contributed by atoms with Crippen molar-refractivity contribution < 1.29 is 4.74 Å². The molecule has 0 aromatic heterocycles. The predicted molar refractivity (Wildman–Crippen MR) is 90.6 cm³/mol. The van der Waals surface area contributed by atoms with Crippen LogP contribution in [0.15, 0.2) is 0 Å². The summed E-state index contributed by atoms with van der Waals surface area (Å²) in [6, 6.07) is 0. The molecule has 0 aromatic carbocycles. The van der Waals surface area contributed by atoms with E-state index in [4.69, 9.17) is 4.74 Å². The molecule has 21 heavy (non-hydrogen) atoms. The summed E-state index contributed by atoms with van der Waals surface area (Å²) in [7, 11) is 0. The molecule has 1 N–H and O–H groups in total. The van der Waals surface area contributed by atoms with Crippen LogP contribution in [0.3, 0.4) is 0 Å². The van der Waals surface area contributed by atoms with Gasteiger partial charge in [0.05, 0.1) is 6.10 Å². The zero-order chi connectivity index (χ0) is 15.3. The molecule has 2 fully saturated rings. The Hall–Kier alpha value is -0.0800. The van der Waals surface area contributed by atoms with E-state index in [1.807, 2.05) is 0 Å². The van der Waals surface area contributed by atoms with Gasteiger partial charge in [-0.15, -0.1) is 0 Å². The molecule has 1 heterocycles. The Balaban J connectivity index is 1.88. The predicted octanol–water partition coefficient (Wildman–Crippen LogP) is 4.78. The Morgan fingerprint density at radius 3 is 2.38 bits per heavy atom. The highest BCUT2D eigenvalue weighted by molar-refractivity contribution is 4.91. The van der Waals surface area contributed by atoms with Crippen LogP contribution in [-0.2, 0) is 4.74 Å². The summed E-state index contributed by atoms with van der Waals surface area (Å²) in [6.45, 7) is 12.8. The van der Waals surface area contributed by atoms with Crippen LogP contribution in [0.4, 0.5) is 0 Å². The Labute approximate surface area is 132 Å². The lowest BCUT2D eigenvalue weighted by Gasteiger charge is -2.45. The first kappa shape index (κ1) is 17.3. The fraction of sp³-hybridized carbons (Fsp3) is 1.00. The van der Waals surface area contributed by atoms with Crippen LogP contribution in [0.1, 0.15) is 79.1 Å². The van der Waals surface area contributed by atoms with Gasteiger partial charge in [0.25, 0.3) is 0 Å². The van der Waals surface area contributed by atoms with Gasteiger partial charge in [0, 0.05) is 13.2 Å². The minimum atomic E-state index is 0.485. The molecule has 2 rings (SSSR count). The molecule has 124 valence electrons. The Morgan fingerprint density at radius 2 is 1.86 bits per heavy atom. The van der Waals surface area contributed by atoms with E-state index in [1.165, 1.54) is 57.9 Å². The summed E-state index contributed by atoms with van der Waals surface area (Å²) in [4.78, 5) is 0. The summed E-state index contributed by atoms with van der Waals surface area (Å²) in [5, 5.41) is 3.65. The van der Waals surface area contributed by atoms with Crippen molar-refractivity contribution in [2.75, 3.05) is 19.7 Å². The van der Waals surface area contributed by atoms with Gasteiger partial charge in [0.2, 0.25) is 0 Å². The molecule has 1 atom stereocenters. The molecule has 1 aliphatic heterocycles. The topological polar surface area (TPSA) is 21.3 Å². The van der Waals surface area contributed by atoms with Gasteiger partial charge in [0.15, 0.2) is 0 Å². The van der Waals surface area contributed by atoms with Crippen molar-refractivity contribution in [3.05, 3.63) is 0 Å². The van der Waals surface area contributed by atoms with E-state index in [0.29, 0.717) is 16.9 Å². The Bertz CT molecular complexity index is 293. The smallest absolute Gasteiger partial charge is 0.0576 e. The lowest BCUT2D eigenvalue weighted by atomic mass is 9.62. The van der Waals surface area contributed by atoms with Gasteiger partial charge >= 0.3 is 0 Å². The van der Waals surface area contributed by atoms with E-state index in [1.54, 1.807) is 0 Å². The van der Waals surface area contributed by atoms with Gasteiger partial charge in [-0.1, -0.05) is 27.7 Å². The van der Waals surface area contributed by atoms with E-state index >= 15 is 0 Å². The lowest BCUT2D eigenvalue weighted by Crippen LogP contribution is -2.40. The minimum absolute atomic E-state index is 0.485. The molecule has 1 saturated carbocycles. The number of hydrogen-bond acceptors (Lipinski definition) is 2. The summed E-state index contributed by atoms with van der Waals surface area (Å²) in [5.74, 6) is 0.912. The molecule has 2 heteroatoms. The average molecular weight is 296 g/mol. The standard InChI is InChI=1S/C19H37NO/c1-5-20-15-19(13-10-17-7-6-14-21-17)11-8-16(9-12-19)18(2,3)4/h16-17,20H,5-15H2,1-4H3. The second-order valence-electron chi connectivity index (χ2n) is 8.59. The van der Waals surface area contributed by atoms with Crippen LogP contribution >= 0.6 is 0 Å². The fourth-order valence-electron chi connectivity index (χ4n) is 4.34. The molecule has 0 aromatic rings. The normalized spacial score (nSPS) is 34.3. The van der Waals surface area contributed by atoms with E-state index in [9.17, 15) is 0 Å². The number of ether oxygens (including phenoxy) is 1. The van der Waals surface area contributed by atoms with Gasteiger partial charge in [-0.05, 0) is 74.7 Å². The quantitative estimate of drug-likeness (QED) is 0.761. The zero-order valence-corrected chi connectivity index (χ0v) is 14.8. The fourth-order valence-corrected chi connectivity index (χ4v) is 4.34.